The molecule has 3 atom stereocenters. The van der Waals surface area contributed by atoms with Gasteiger partial charge in [-0.3, -0.25) is 4.79 Å². The quantitative estimate of drug-likeness (QED) is 0.709. The summed E-state index contributed by atoms with van der Waals surface area (Å²) in [5.41, 5.74) is 6.15. The van der Waals surface area contributed by atoms with Gasteiger partial charge in [0.2, 0.25) is 0 Å². The Morgan fingerprint density at radius 3 is 2.53 bits per heavy atom. The number of nitrogens with two attached hydrogens (primary N) is 1. The number of hydrogen-bond donors (Lipinski definition) is 2. The predicted octanol–water partition coefficient (Wildman–Crippen LogP) is 0.376. The highest BCUT2D eigenvalue weighted by Gasteiger charge is 2.48. The lowest BCUT2D eigenvalue weighted by molar-refractivity contribution is -0.139. The van der Waals surface area contributed by atoms with Crippen molar-refractivity contribution in [3.63, 3.8) is 0 Å². The van der Waals surface area contributed by atoms with Gasteiger partial charge >= 0.3 is 5.97 Å². The van der Waals surface area contributed by atoms with E-state index in [1.807, 2.05) is 0 Å². The number of nitrogens with zero attached hydrogens (tertiary/aromatic N) is 1. The summed E-state index contributed by atoms with van der Waals surface area (Å²) < 4.78 is 0. The van der Waals surface area contributed by atoms with Crippen LogP contribution in [0, 0.1) is 17.8 Å². The Morgan fingerprint density at radius 1 is 1.47 bits per heavy atom. The number of aliphatic carboxylic acids is 1. The molecule has 0 aromatic heterocycles. The molecule has 0 spiro atoms. The second kappa shape index (κ2) is 4.10. The van der Waals surface area contributed by atoms with Crippen LogP contribution in [0.1, 0.15) is 19.3 Å². The van der Waals surface area contributed by atoms with E-state index in [1.54, 1.807) is 0 Å². The molecule has 0 amide bonds. The molecule has 15 heavy (non-hydrogen) atoms. The molecule has 1 saturated carbocycles. The molecule has 4 nitrogen and oxygen atoms in total. The minimum Gasteiger partial charge on any atom is -0.481 e. The molecule has 0 radical (unpaired) electrons. The topological polar surface area (TPSA) is 66.6 Å². The second-order valence-corrected chi connectivity index (χ2v) is 5.06. The molecule has 3 unspecified atom stereocenters. The minimum atomic E-state index is -0.664. The lowest BCUT2D eigenvalue weighted by atomic mass is 9.87. The van der Waals surface area contributed by atoms with Gasteiger partial charge in [0.25, 0.3) is 0 Å². The molecule has 1 aliphatic heterocycles. The summed E-state index contributed by atoms with van der Waals surface area (Å²) in [6.45, 7) is 2.20. The first-order chi connectivity index (χ1) is 7.09. The molecule has 2 fully saturated rings. The number of carboxylic acids is 1. The van der Waals surface area contributed by atoms with Gasteiger partial charge in [0.1, 0.15) is 0 Å². The number of hydrogen-bond acceptors (Lipinski definition) is 3. The molecule has 3 N–H and O–H groups in total. The SMILES string of the molecule is CN1CCC(C(N)C2CC2C(=O)O)CC1. The van der Waals surface area contributed by atoms with Crippen LogP contribution in [0.2, 0.25) is 0 Å². The van der Waals surface area contributed by atoms with Crippen LogP contribution in [0.15, 0.2) is 0 Å². The fourth-order valence-electron chi connectivity index (χ4n) is 2.69. The van der Waals surface area contributed by atoms with Gasteiger partial charge in [-0.2, -0.15) is 0 Å². The molecule has 4 heteroatoms. The average molecular weight is 212 g/mol. The monoisotopic (exact) mass is 212 g/mol. The van der Waals surface area contributed by atoms with Crippen molar-refractivity contribution in [2.24, 2.45) is 23.5 Å². The van der Waals surface area contributed by atoms with Crippen LogP contribution in [0.4, 0.5) is 0 Å². The Morgan fingerprint density at radius 2 is 2.07 bits per heavy atom. The first-order valence-corrected chi connectivity index (χ1v) is 5.76. The third-order valence-corrected chi connectivity index (χ3v) is 3.96. The van der Waals surface area contributed by atoms with Crippen LogP contribution < -0.4 is 5.73 Å². The fraction of sp³-hybridized carbons (Fsp3) is 0.909. The smallest absolute Gasteiger partial charge is 0.306 e. The van der Waals surface area contributed by atoms with E-state index in [2.05, 4.69) is 11.9 Å². The Hall–Kier alpha value is -0.610. The van der Waals surface area contributed by atoms with Crippen LogP contribution in [0.25, 0.3) is 0 Å². The molecular weight excluding hydrogens is 192 g/mol. The standard InChI is InChI=1S/C11H20N2O2/c1-13-4-2-7(3-5-13)10(12)8-6-9(8)11(14)15/h7-10H,2-6,12H2,1H3,(H,14,15). The van der Waals surface area contributed by atoms with Crippen LogP contribution >= 0.6 is 0 Å². The maximum atomic E-state index is 10.7. The van der Waals surface area contributed by atoms with Crippen molar-refractivity contribution in [2.75, 3.05) is 20.1 Å². The number of piperidine rings is 1. The van der Waals surface area contributed by atoms with Crippen molar-refractivity contribution in [2.45, 2.75) is 25.3 Å². The van der Waals surface area contributed by atoms with Crippen molar-refractivity contribution in [3.8, 4) is 0 Å². The van der Waals surface area contributed by atoms with Gasteiger partial charge in [0.05, 0.1) is 5.92 Å². The van der Waals surface area contributed by atoms with E-state index < -0.39 is 5.97 Å². The summed E-state index contributed by atoms with van der Waals surface area (Å²) in [4.78, 5) is 13.1. The van der Waals surface area contributed by atoms with E-state index >= 15 is 0 Å². The molecule has 2 rings (SSSR count). The number of rotatable bonds is 3. The van der Waals surface area contributed by atoms with Crippen LogP contribution in [0.3, 0.4) is 0 Å². The molecule has 2 aliphatic rings. The predicted molar refractivity (Wildman–Crippen MR) is 57.4 cm³/mol. The number of carboxylic acid groups (broad SMARTS) is 1. The lowest BCUT2D eigenvalue weighted by Crippen LogP contribution is -2.41. The van der Waals surface area contributed by atoms with Crippen LogP contribution in [-0.2, 0) is 4.79 Å². The normalized spacial score (nSPS) is 35.1. The molecule has 86 valence electrons. The minimum absolute atomic E-state index is 0.111. The largest absolute Gasteiger partial charge is 0.481 e. The summed E-state index contributed by atoms with van der Waals surface area (Å²) in [7, 11) is 2.12. The van der Waals surface area contributed by atoms with E-state index in [4.69, 9.17) is 10.8 Å². The highest BCUT2D eigenvalue weighted by atomic mass is 16.4. The summed E-state index contributed by atoms with van der Waals surface area (Å²) in [6.07, 6.45) is 3.05. The van der Waals surface area contributed by atoms with Gasteiger partial charge in [-0.05, 0) is 51.2 Å². The van der Waals surface area contributed by atoms with Crippen LogP contribution in [-0.4, -0.2) is 42.2 Å². The zero-order valence-electron chi connectivity index (χ0n) is 9.22. The first-order valence-electron chi connectivity index (χ1n) is 5.76. The highest BCUT2D eigenvalue weighted by Crippen LogP contribution is 2.44. The van der Waals surface area contributed by atoms with Gasteiger partial charge in [-0.15, -0.1) is 0 Å². The van der Waals surface area contributed by atoms with Gasteiger partial charge < -0.3 is 15.7 Å². The molecule has 0 aromatic carbocycles. The summed E-state index contributed by atoms with van der Waals surface area (Å²) in [6, 6.07) is 0.111. The molecule has 1 aliphatic carbocycles. The molecule has 0 bridgehead atoms. The van der Waals surface area contributed by atoms with Crippen molar-refractivity contribution >= 4 is 5.97 Å². The molecule has 1 saturated heterocycles. The van der Waals surface area contributed by atoms with E-state index in [-0.39, 0.29) is 17.9 Å². The lowest BCUT2D eigenvalue weighted by Gasteiger charge is -2.32. The zero-order valence-corrected chi connectivity index (χ0v) is 9.22. The maximum absolute atomic E-state index is 10.7. The third-order valence-electron chi connectivity index (χ3n) is 3.96. The Labute approximate surface area is 90.4 Å². The van der Waals surface area contributed by atoms with E-state index in [0.29, 0.717) is 5.92 Å². The highest BCUT2D eigenvalue weighted by molar-refractivity contribution is 5.73. The van der Waals surface area contributed by atoms with Crippen molar-refractivity contribution in [3.05, 3.63) is 0 Å². The fourth-order valence-corrected chi connectivity index (χ4v) is 2.69. The van der Waals surface area contributed by atoms with Crippen LogP contribution in [0.5, 0.6) is 0 Å². The van der Waals surface area contributed by atoms with E-state index in [0.717, 1.165) is 32.4 Å². The Bertz CT molecular complexity index is 249. The Balaban J connectivity index is 1.82. The van der Waals surface area contributed by atoms with Gasteiger partial charge in [-0.1, -0.05) is 0 Å². The molecule has 1 heterocycles. The van der Waals surface area contributed by atoms with Gasteiger partial charge in [-0.25, -0.2) is 0 Å². The molecular formula is C11H20N2O2. The zero-order chi connectivity index (χ0) is 11.0. The first kappa shape index (κ1) is 10.9. The second-order valence-electron chi connectivity index (χ2n) is 5.06. The van der Waals surface area contributed by atoms with Crippen molar-refractivity contribution in [1.29, 1.82) is 0 Å². The number of likely N-dealkylation sites (tertiary alicyclic amines) is 1. The maximum Gasteiger partial charge on any atom is 0.306 e. The number of carbonyl (C=O) groups is 1. The summed E-state index contributed by atoms with van der Waals surface area (Å²) in [5, 5.41) is 8.85. The third kappa shape index (κ3) is 2.32. The summed E-state index contributed by atoms with van der Waals surface area (Å²) >= 11 is 0. The van der Waals surface area contributed by atoms with Gasteiger partial charge in [0.15, 0.2) is 0 Å². The van der Waals surface area contributed by atoms with E-state index in [9.17, 15) is 4.79 Å². The average Bonchev–Trinajstić information content (AvgIpc) is 2.97. The molecule has 0 aromatic rings. The summed E-state index contributed by atoms with van der Waals surface area (Å²) in [5.74, 6) is -0.0329. The van der Waals surface area contributed by atoms with Gasteiger partial charge in [0, 0.05) is 6.04 Å². The van der Waals surface area contributed by atoms with Crippen molar-refractivity contribution in [1.82, 2.24) is 4.90 Å². The van der Waals surface area contributed by atoms with Crippen molar-refractivity contribution < 1.29 is 9.90 Å². The van der Waals surface area contributed by atoms with E-state index in [1.165, 1.54) is 0 Å². The Kier molecular flexibility index (Phi) is 2.98.